The summed E-state index contributed by atoms with van der Waals surface area (Å²) in [5, 5.41) is 0. The molecule has 3 rings (SSSR count). The number of para-hydroxylation sites is 2. The molecule has 0 aliphatic rings. The zero-order valence-electron chi connectivity index (χ0n) is 9.50. The average molecular weight is 240 g/mol. The van der Waals surface area contributed by atoms with Crippen LogP contribution in [0.2, 0.25) is 0 Å². The lowest BCUT2D eigenvalue weighted by Gasteiger charge is -2.04. The van der Waals surface area contributed by atoms with Gasteiger partial charge in [0.25, 0.3) is 0 Å². The molecule has 0 atom stereocenters. The number of aromatic nitrogens is 2. The third-order valence-electron chi connectivity index (χ3n) is 2.80. The van der Waals surface area contributed by atoms with E-state index in [4.69, 9.17) is 0 Å². The maximum Gasteiger partial charge on any atom is 0.100 e. The Bertz CT molecular complexity index is 641. The van der Waals surface area contributed by atoms with Crippen molar-refractivity contribution in [1.82, 2.24) is 9.55 Å². The number of benzene rings is 2. The Kier molecular flexibility index (Phi) is 2.61. The Labute approximate surface area is 104 Å². The largest absolute Gasteiger partial charge is 0.299 e. The van der Waals surface area contributed by atoms with Gasteiger partial charge in [-0.15, -0.1) is 11.8 Å². The van der Waals surface area contributed by atoms with Crippen LogP contribution in [-0.2, 0) is 0 Å². The predicted molar refractivity (Wildman–Crippen MR) is 72.9 cm³/mol. The maximum atomic E-state index is 4.40. The van der Waals surface area contributed by atoms with E-state index in [2.05, 4.69) is 46.1 Å². The molecule has 2 nitrogen and oxygen atoms in total. The highest BCUT2D eigenvalue weighted by molar-refractivity contribution is 7.98. The van der Waals surface area contributed by atoms with Crippen LogP contribution >= 0.6 is 11.8 Å². The summed E-state index contributed by atoms with van der Waals surface area (Å²) in [6, 6.07) is 16.7. The molecule has 0 aliphatic heterocycles. The first-order chi connectivity index (χ1) is 8.38. The van der Waals surface area contributed by atoms with Gasteiger partial charge in [0.05, 0.1) is 11.0 Å². The highest BCUT2D eigenvalue weighted by Gasteiger charge is 2.03. The fourth-order valence-electron chi connectivity index (χ4n) is 1.91. The lowest BCUT2D eigenvalue weighted by molar-refractivity contribution is 1.09. The summed E-state index contributed by atoms with van der Waals surface area (Å²) in [6.45, 7) is 0. The van der Waals surface area contributed by atoms with E-state index in [9.17, 15) is 0 Å². The number of hydrogen-bond acceptors (Lipinski definition) is 2. The monoisotopic (exact) mass is 240 g/mol. The van der Waals surface area contributed by atoms with Gasteiger partial charge >= 0.3 is 0 Å². The molecule has 0 amide bonds. The summed E-state index contributed by atoms with van der Waals surface area (Å²) in [7, 11) is 0. The van der Waals surface area contributed by atoms with Crippen molar-refractivity contribution in [2.75, 3.05) is 6.26 Å². The summed E-state index contributed by atoms with van der Waals surface area (Å²) < 4.78 is 2.11. The van der Waals surface area contributed by atoms with Crippen molar-refractivity contribution in [2.45, 2.75) is 4.90 Å². The zero-order chi connectivity index (χ0) is 11.7. The quantitative estimate of drug-likeness (QED) is 0.635. The topological polar surface area (TPSA) is 17.8 Å². The normalized spacial score (nSPS) is 10.9. The SMILES string of the molecule is CSc1ccc(-n2cnc3ccccc32)cc1. The van der Waals surface area contributed by atoms with Crippen LogP contribution in [0.5, 0.6) is 0 Å². The van der Waals surface area contributed by atoms with E-state index in [1.807, 2.05) is 24.5 Å². The Morgan fingerprint density at radius 1 is 1.00 bits per heavy atom. The molecule has 0 saturated heterocycles. The summed E-state index contributed by atoms with van der Waals surface area (Å²) in [5.41, 5.74) is 3.32. The number of rotatable bonds is 2. The van der Waals surface area contributed by atoms with Gasteiger partial charge in [0.15, 0.2) is 0 Å². The molecular formula is C14H12N2S. The molecular weight excluding hydrogens is 228 g/mol. The highest BCUT2D eigenvalue weighted by Crippen LogP contribution is 2.20. The van der Waals surface area contributed by atoms with E-state index in [0.717, 1.165) is 16.7 Å². The fourth-order valence-corrected chi connectivity index (χ4v) is 2.32. The van der Waals surface area contributed by atoms with Gasteiger partial charge in [-0.3, -0.25) is 4.57 Å². The molecule has 0 aliphatic carbocycles. The van der Waals surface area contributed by atoms with Gasteiger partial charge in [-0.2, -0.15) is 0 Å². The van der Waals surface area contributed by atoms with E-state index in [1.165, 1.54) is 4.90 Å². The van der Waals surface area contributed by atoms with Crippen molar-refractivity contribution >= 4 is 22.8 Å². The van der Waals surface area contributed by atoms with Crippen molar-refractivity contribution in [2.24, 2.45) is 0 Å². The van der Waals surface area contributed by atoms with E-state index in [1.54, 1.807) is 11.8 Å². The Morgan fingerprint density at radius 3 is 2.53 bits per heavy atom. The average Bonchev–Trinajstić information content (AvgIpc) is 2.83. The second-order valence-corrected chi connectivity index (χ2v) is 4.68. The van der Waals surface area contributed by atoms with Crippen molar-refractivity contribution in [3.05, 3.63) is 54.9 Å². The van der Waals surface area contributed by atoms with Crippen molar-refractivity contribution in [3.8, 4) is 5.69 Å². The Morgan fingerprint density at radius 2 is 1.76 bits per heavy atom. The van der Waals surface area contributed by atoms with Crippen LogP contribution in [0, 0.1) is 0 Å². The summed E-state index contributed by atoms with van der Waals surface area (Å²) >= 11 is 1.75. The van der Waals surface area contributed by atoms with Gasteiger partial charge in [-0.1, -0.05) is 12.1 Å². The minimum atomic E-state index is 1.03. The van der Waals surface area contributed by atoms with E-state index in [0.29, 0.717) is 0 Å². The smallest absolute Gasteiger partial charge is 0.100 e. The number of hydrogen-bond donors (Lipinski definition) is 0. The number of thioether (sulfide) groups is 1. The summed E-state index contributed by atoms with van der Waals surface area (Å²) in [6.07, 6.45) is 3.96. The van der Waals surface area contributed by atoms with Gasteiger partial charge in [-0.25, -0.2) is 4.98 Å². The third-order valence-corrected chi connectivity index (χ3v) is 3.55. The number of imidazole rings is 1. The van der Waals surface area contributed by atoms with E-state index < -0.39 is 0 Å². The molecule has 2 aromatic carbocycles. The fraction of sp³-hybridized carbons (Fsp3) is 0.0714. The predicted octanol–water partition coefficient (Wildman–Crippen LogP) is 3.75. The first-order valence-corrected chi connectivity index (χ1v) is 6.67. The van der Waals surface area contributed by atoms with Gasteiger partial charge in [0.1, 0.15) is 6.33 Å². The molecule has 0 fully saturated rings. The van der Waals surface area contributed by atoms with Crippen LogP contribution in [0.1, 0.15) is 0 Å². The Hall–Kier alpha value is -1.74. The molecule has 0 spiro atoms. The molecule has 84 valence electrons. The van der Waals surface area contributed by atoms with E-state index >= 15 is 0 Å². The first kappa shape index (κ1) is 10.4. The van der Waals surface area contributed by atoms with Crippen LogP contribution in [0.15, 0.2) is 59.8 Å². The molecule has 0 unspecified atom stereocenters. The van der Waals surface area contributed by atoms with Crippen LogP contribution < -0.4 is 0 Å². The third kappa shape index (κ3) is 1.83. The number of fused-ring (bicyclic) bond motifs is 1. The highest BCUT2D eigenvalue weighted by atomic mass is 32.2. The van der Waals surface area contributed by atoms with Crippen LogP contribution in [-0.4, -0.2) is 15.8 Å². The molecule has 0 saturated carbocycles. The molecule has 3 aromatic rings. The molecule has 1 heterocycles. The maximum absolute atomic E-state index is 4.40. The second-order valence-electron chi connectivity index (χ2n) is 3.80. The first-order valence-electron chi connectivity index (χ1n) is 5.45. The molecule has 0 N–H and O–H groups in total. The summed E-state index contributed by atoms with van der Waals surface area (Å²) in [4.78, 5) is 5.67. The van der Waals surface area contributed by atoms with Crippen molar-refractivity contribution < 1.29 is 0 Å². The lowest BCUT2D eigenvalue weighted by Crippen LogP contribution is -1.90. The van der Waals surface area contributed by atoms with Crippen LogP contribution in [0.3, 0.4) is 0 Å². The molecule has 0 radical (unpaired) electrons. The second kappa shape index (κ2) is 4.26. The van der Waals surface area contributed by atoms with Crippen LogP contribution in [0.25, 0.3) is 16.7 Å². The van der Waals surface area contributed by atoms with E-state index in [-0.39, 0.29) is 0 Å². The minimum absolute atomic E-state index is 1.03. The molecule has 3 heteroatoms. The minimum Gasteiger partial charge on any atom is -0.299 e. The summed E-state index contributed by atoms with van der Waals surface area (Å²) in [5.74, 6) is 0. The lowest BCUT2D eigenvalue weighted by atomic mass is 10.3. The molecule has 17 heavy (non-hydrogen) atoms. The van der Waals surface area contributed by atoms with Gasteiger partial charge < -0.3 is 0 Å². The number of nitrogens with zero attached hydrogens (tertiary/aromatic N) is 2. The molecule has 1 aromatic heterocycles. The van der Waals surface area contributed by atoms with Gasteiger partial charge in [0, 0.05) is 10.6 Å². The van der Waals surface area contributed by atoms with Crippen molar-refractivity contribution in [1.29, 1.82) is 0 Å². The van der Waals surface area contributed by atoms with Gasteiger partial charge in [0.2, 0.25) is 0 Å². The van der Waals surface area contributed by atoms with Crippen LogP contribution in [0.4, 0.5) is 0 Å². The zero-order valence-corrected chi connectivity index (χ0v) is 10.3. The van der Waals surface area contributed by atoms with Gasteiger partial charge in [-0.05, 0) is 42.7 Å². The molecule has 0 bridgehead atoms. The standard InChI is InChI=1S/C14H12N2S/c1-17-12-8-6-11(7-9-12)16-10-15-13-4-2-3-5-14(13)16/h2-10H,1H3. The van der Waals surface area contributed by atoms with Crippen molar-refractivity contribution in [3.63, 3.8) is 0 Å². The Balaban J connectivity index is 2.13.